The number of hydrogen-bond donors (Lipinski definition) is 1. The van der Waals surface area contributed by atoms with Crippen molar-refractivity contribution < 1.29 is 4.79 Å². The minimum absolute atomic E-state index is 0.0272. The molecule has 0 spiro atoms. The second kappa shape index (κ2) is 6.23. The molecule has 0 bridgehead atoms. The maximum atomic E-state index is 11.6. The Kier molecular flexibility index (Phi) is 4.88. The monoisotopic (exact) mass is 205 g/mol. The molecule has 15 heavy (non-hydrogen) atoms. The van der Waals surface area contributed by atoms with Crippen LogP contribution < -0.4 is 5.32 Å². The highest BCUT2D eigenvalue weighted by Gasteiger charge is 2.02. The standard InChI is InChI=1S/C13H19NO/c1-11(2)7-6-10-14-13(15)12-8-4-3-5-9-12/h3-5,8-9,11H,6-7,10H2,1-2H3,(H,14,15). The van der Waals surface area contributed by atoms with Crippen molar-refractivity contribution in [2.24, 2.45) is 5.92 Å². The van der Waals surface area contributed by atoms with E-state index in [9.17, 15) is 4.79 Å². The van der Waals surface area contributed by atoms with Crippen molar-refractivity contribution in [1.82, 2.24) is 5.32 Å². The molecule has 1 aromatic carbocycles. The van der Waals surface area contributed by atoms with Gasteiger partial charge in [0.05, 0.1) is 0 Å². The van der Waals surface area contributed by atoms with E-state index in [2.05, 4.69) is 19.2 Å². The average Bonchev–Trinajstić information content (AvgIpc) is 2.25. The first-order valence-electron chi connectivity index (χ1n) is 5.53. The van der Waals surface area contributed by atoms with E-state index < -0.39 is 0 Å². The summed E-state index contributed by atoms with van der Waals surface area (Å²) < 4.78 is 0. The predicted octanol–water partition coefficient (Wildman–Crippen LogP) is 2.85. The Morgan fingerprint density at radius 2 is 1.93 bits per heavy atom. The molecule has 1 N–H and O–H groups in total. The molecule has 1 amide bonds. The maximum absolute atomic E-state index is 11.6. The van der Waals surface area contributed by atoms with Crippen LogP contribution in [0.15, 0.2) is 30.3 Å². The highest BCUT2D eigenvalue weighted by Crippen LogP contribution is 2.02. The van der Waals surface area contributed by atoms with Gasteiger partial charge >= 0.3 is 0 Å². The van der Waals surface area contributed by atoms with Gasteiger partial charge in [-0.3, -0.25) is 4.79 Å². The summed E-state index contributed by atoms with van der Waals surface area (Å²) in [5.74, 6) is 0.734. The normalized spacial score (nSPS) is 10.3. The molecule has 2 nitrogen and oxygen atoms in total. The van der Waals surface area contributed by atoms with E-state index in [1.165, 1.54) is 0 Å². The highest BCUT2D eigenvalue weighted by atomic mass is 16.1. The molecule has 0 aliphatic carbocycles. The van der Waals surface area contributed by atoms with Gasteiger partial charge in [0, 0.05) is 12.1 Å². The summed E-state index contributed by atoms with van der Waals surface area (Å²) in [5, 5.41) is 2.92. The lowest BCUT2D eigenvalue weighted by Gasteiger charge is -2.06. The van der Waals surface area contributed by atoms with Crippen molar-refractivity contribution in [2.45, 2.75) is 26.7 Å². The zero-order valence-corrected chi connectivity index (χ0v) is 9.49. The molecule has 0 aromatic heterocycles. The van der Waals surface area contributed by atoms with Gasteiger partial charge in [0.1, 0.15) is 0 Å². The van der Waals surface area contributed by atoms with Crippen LogP contribution in [0.3, 0.4) is 0 Å². The van der Waals surface area contributed by atoms with E-state index in [1.54, 1.807) is 0 Å². The number of carbonyl (C=O) groups is 1. The van der Waals surface area contributed by atoms with Gasteiger partial charge in [-0.05, 0) is 30.9 Å². The summed E-state index contributed by atoms with van der Waals surface area (Å²) >= 11 is 0. The molecule has 0 radical (unpaired) electrons. The summed E-state index contributed by atoms with van der Waals surface area (Å²) in [4.78, 5) is 11.6. The molecule has 0 aliphatic heterocycles. The summed E-state index contributed by atoms with van der Waals surface area (Å²) in [5.41, 5.74) is 0.738. The number of benzene rings is 1. The van der Waals surface area contributed by atoms with Gasteiger partial charge in [-0.2, -0.15) is 0 Å². The van der Waals surface area contributed by atoms with Crippen molar-refractivity contribution >= 4 is 5.91 Å². The van der Waals surface area contributed by atoms with Gasteiger partial charge in [0.15, 0.2) is 0 Å². The molecule has 0 unspecified atom stereocenters. The lowest BCUT2D eigenvalue weighted by atomic mass is 10.1. The minimum atomic E-state index is 0.0272. The summed E-state index contributed by atoms with van der Waals surface area (Å²) in [6, 6.07) is 9.33. The molecule has 0 saturated carbocycles. The molecular weight excluding hydrogens is 186 g/mol. The number of nitrogens with one attached hydrogen (secondary N) is 1. The van der Waals surface area contributed by atoms with Crippen LogP contribution in [-0.4, -0.2) is 12.5 Å². The third-order valence-electron chi connectivity index (χ3n) is 2.28. The molecule has 0 fully saturated rings. The Morgan fingerprint density at radius 3 is 2.53 bits per heavy atom. The zero-order chi connectivity index (χ0) is 11.1. The highest BCUT2D eigenvalue weighted by molar-refractivity contribution is 5.94. The van der Waals surface area contributed by atoms with Crippen molar-refractivity contribution in [3.05, 3.63) is 35.9 Å². The third-order valence-corrected chi connectivity index (χ3v) is 2.28. The summed E-state index contributed by atoms with van der Waals surface area (Å²) in [6.07, 6.45) is 2.21. The second-order valence-corrected chi connectivity index (χ2v) is 4.16. The molecule has 1 rings (SSSR count). The van der Waals surface area contributed by atoms with E-state index in [1.807, 2.05) is 30.3 Å². The van der Waals surface area contributed by atoms with Crippen LogP contribution in [-0.2, 0) is 0 Å². The van der Waals surface area contributed by atoms with Crippen LogP contribution in [0, 0.1) is 5.92 Å². The van der Waals surface area contributed by atoms with Gasteiger partial charge in [-0.1, -0.05) is 32.0 Å². The van der Waals surface area contributed by atoms with Crippen LogP contribution in [0.5, 0.6) is 0 Å². The second-order valence-electron chi connectivity index (χ2n) is 4.16. The van der Waals surface area contributed by atoms with Crippen molar-refractivity contribution in [3.8, 4) is 0 Å². The third kappa shape index (κ3) is 4.63. The Hall–Kier alpha value is -1.31. The first-order chi connectivity index (χ1) is 7.20. The molecule has 0 saturated heterocycles. The van der Waals surface area contributed by atoms with Crippen LogP contribution in [0.1, 0.15) is 37.0 Å². The topological polar surface area (TPSA) is 29.1 Å². The van der Waals surface area contributed by atoms with E-state index >= 15 is 0 Å². The Balaban J connectivity index is 2.25. The fraction of sp³-hybridized carbons (Fsp3) is 0.462. The Morgan fingerprint density at radius 1 is 1.27 bits per heavy atom. The number of rotatable bonds is 5. The first-order valence-corrected chi connectivity index (χ1v) is 5.53. The maximum Gasteiger partial charge on any atom is 0.251 e. The van der Waals surface area contributed by atoms with E-state index in [0.717, 1.165) is 24.9 Å². The van der Waals surface area contributed by atoms with Gasteiger partial charge in [0.2, 0.25) is 0 Å². The fourth-order valence-electron chi connectivity index (χ4n) is 1.40. The molecule has 0 aliphatic rings. The molecule has 0 atom stereocenters. The number of hydrogen-bond acceptors (Lipinski definition) is 1. The smallest absolute Gasteiger partial charge is 0.251 e. The lowest BCUT2D eigenvalue weighted by Crippen LogP contribution is -2.24. The van der Waals surface area contributed by atoms with Gasteiger partial charge < -0.3 is 5.32 Å². The van der Waals surface area contributed by atoms with Crippen molar-refractivity contribution in [3.63, 3.8) is 0 Å². The van der Waals surface area contributed by atoms with Crippen molar-refractivity contribution in [1.29, 1.82) is 0 Å². The van der Waals surface area contributed by atoms with E-state index in [-0.39, 0.29) is 5.91 Å². The SMILES string of the molecule is CC(C)CCCNC(=O)c1ccccc1. The summed E-state index contributed by atoms with van der Waals surface area (Å²) in [7, 11) is 0. The average molecular weight is 205 g/mol. The van der Waals surface area contributed by atoms with Crippen LogP contribution in [0.4, 0.5) is 0 Å². The first kappa shape index (κ1) is 11.8. The van der Waals surface area contributed by atoms with Crippen molar-refractivity contribution in [2.75, 3.05) is 6.54 Å². The quantitative estimate of drug-likeness (QED) is 0.736. The van der Waals surface area contributed by atoms with E-state index in [4.69, 9.17) is 0 Å². The number of carbonyl (C=O) groups excluding carboxylic acids is 1. The Labute approximate surface area is 91.7 Å². The van der Waals surface area contributed by atoms with Gasteiger partial charge in [0.25, 0.3) is 5.91 Å². The summed E-state index contributed by atoms with van der Waals surface area (Å²) in [6.45, 7) is 5.16. The minimum Gasteiger partial charge on any atom is -0.352 e. The predicted molar refractivity (Wildman–Crippen MR) is 62.8 cm³/mol. The molecular formula is C13H19NO. The molecule has 1 aromatic rings. The lowest BCUT2D eigenvalue weighted by molar-refractivity contribution is 0.0952. The van der Waals surface area contributed by atoms with E-state index in [0.29, 0.717) is 5.92 Å². The van der Waals surface area contributed by atoms with Gasteiger partial charge in [-0.25, -0.2) is 0 Å². The molecule has 2 heteroatoms. The van der Waals surface area contributed by atoms with Crippen LogP contribution >= 0.6 is 0 Å². The number of amides is 1. The molecule has 82 valence electrons. The van der Waals surface area contributed by atoms with Gasteiger partial charge in [-0.15, -0.1) is 0 Å². The van der Waals surface area contributed by atoms with Crippen LogP contribution in [0.25, 0.3) is 0 Å². The van der Waals surface area contributed by atoms with Crippen LogP contribution in [0.2, 0.25) is 0 Å². The Bertz CT molecular complexity index is 293. The molecule has 0 heterocycles. The fourth-order valence-corrected chi connectivity index (χ4v) is 1.40. The largest absolute Gasteiger partial charge is 0.352 e. The zero-order valence-electron chi connectivity index (χ0n) is 9.49.